The van der Waals surface area contributed by atoms with Gasteiger partial charge in [-0.1, -0.05) is 157 Å². The van der Waals surface area contributed by atoms with E-state index in [1.807, 2.05) is 21.1 Å². The number of phosphoric ester groups is 1. The second-order valence-electron chi connectivity index (χ2n) is 16.4. The molecule has 0 aliphatic rings. The van der Waals surface area contributed by atoms with E-state index in [4.69, 9.17) is 18.5 Å². The Bertz CT molecular complexity index is 1150. The van der Waals surface area contributed by atoms with E-state index in [1.165, 1.54) is 57.8 Å². The van der Waals surface area contributed by atoms with Gasteiger partial charge in [-0.2, -0.15) is 0 Å². The van der Waals surface area contributed by atoms with Crippen LogP contribution in [0.4, 0.5) is 0 Å². The summed E-state index contributed by atoms with van der Waals surface area (Å²) in [5.41, 5.74) is 0. The molecule has 0 aromatic rings. The molecule has 58 heavy (non-hydrogen) atoms. The van der Waals surface area contributed by atoms with Crippen LogP contribution in [0.3, 0.4) is 0 Å². The number of nitrogens with zero attached hydrogens (tertiary/aromatic N) is 1. The van der Waals surface area contributed by atoms with Gasteiger partial charge < -0.3 is 18.9 Å². The van der Waals surface area contributed by atoms with Gasteiger partial charge in [0.2, 0.25) is 0 Å². The Morgan fingerprint density at radius 1 is 0.552 bits per heavy atom. The highest BCUT2D eigenvalue weighted by molar-refractivity contribution is 7.47. The van der Waals surface area contributed by atoms with Gasteiger partial charge in [0, 0.05) is 13.0 Å². The van der Waals surface area contributed by atoms with Gasteiger partial charge in [-0.05, 0) is 83.5 Å². The number of carbonyl (C=O) groups excluding carboxylic acids is 1. The summed E-state index contributed by atoms with van der Waals surface area (Å²) in [6, 6.07) is 0. The van der Waals surface area contributed by atoms with Crippen molar-refractivity contribution >= 4 is 13.8 Å². The highest BCUT2D eigenvalue weighted by atomic mass is 31.2. The normalized spacial score (nSPS) is 14.4. The zero-order valence-electron chi connectivity index (χ0n) is 38.0. The minimum absolute atomic E-state index is 0.0782. The Morgan fingerprint density at radius 3 is 1.52 bits per heavy atom. The minimum atomic E-state index is -4.29. The smallest absolute Gasteiger partial charge is 0.457 e. The molecule has 9 heteroatoms. The fraction of sp³-hybridized carbons (Fsp3) is 0.735. The van der Waals surface area contributed by atoms with Crippen LogP contribution in [-0.4, -0.2) is 75.6 Å². The predicted octanol–water partition coefficient (Wildman–Crippen LogP) is 13.9. The molecule has 0 aliphatic carbocycles. The molecule has 1 N–H and O–H groups in total. The number of likely N-dealkylation sites (N-methyl/N-ethyl adjacent to an activating group) is 1. The number of hydrogen-bond donors (Lipinski definition) is 1. The highest BCUT2D eigenvalue weighted by Gasteiger charge is 2.26. The van der Waals surface area contributed by atoms with Crippen LogP contribution < -0.4 is 0 Å². The Labute approximate surface area is 357 Å². The predicted molar refractivity (Wildman–Crippen MR) is 247 cm³/mol. The SMILES string of the molecule is CC/C=C\C/C=C\C/C=C\C/C=C\C/C=C\CCCCCCOCC(COP(=O)(O)OCC[N+](C)(C)C)OC(=O)CCCCCCC/C=C\CCCCCCCCC. The summed E-state index contributed by atoms with van der Waals surface area (Å²) in [4.78, 5) is 22.9. The monoisotopic (exact) mass is 835 g/mol. The van der Waals surface area contributed by atoms with Gasteiger partial charge in [-0.3, -0.25) is 13.8 Å². The number of esters is 1. The molecule has 8 nitrogen and oxygen atoms in total. The van der Waals surface area contributed by atoms with Crippen molar-refractivity contribution in [2.75, 3.05) is 54.1 Å². The summed E-state index contributed by atoms with van der Waals surface area (Å²) < 4.78 is 35.0. The second-order valence-corrected chi connectivity index (χ2v) is 17.9. The van der Waals surface area contributed by atoms with Gasteiger partial charge in [-0.25, -0.2) is 4.57 Å². The van der Waals surface area contributed by atoms with E-state index >= 15 is 0 Å². The Hall–Kier alpha value is -2.06. The Balaban J connectivity index is 4.29. The minimum Gasteiger partial charge on any atom is -0.457 e. The maximum atomic E-state index is 12.7. The zero-order valence-corrected chi connectivity index (χ0v) is 38.9. The lowest BCUT2D eigenvalue weighted by Crippen LogP contribution is -2.37. The topological polar surface area (TPSA) is 91.3 Å². The van der Waals surface area contributed by atoms with Gasteiger partial charge in [-0.15, -0.1) is 0 Å². The molecule has 0 amide bonds. The quantitative estimate of drug-likeness (QED) is 0.0215. The molecule has 0 heterocycles. The molecular weight excluding hydrogens is 746 g/mol. The summed E-state index contributed by atoms with van der Waals surface area (Å²) in [6.07, 6.45) is 53.7. The van der Waals surface area contributed by atoms with Crippen molar-refractivity contribution in [3.8, 4) is 0 Å². The molecule has 0 bridgehead atoms. The standard InChI is InChI=1S/C49H88NO7P/c1-6-8-10-12-14-16-18-20-22-24-25-26-27-29-31-33-35-37-39-41-44-54-46-48(47-56-58(52,53)55-45-43-50(3,4)5)57-49(51)42-40-38-36-34-32-30-28-23-21-19-17-15-13-11-9-7-2/h8,10,14,16,20,22-23,25-26,28-29,31,48H,6-7,9,11-13,15,17-19,21,24,27,30,32-47H2,1-5H3/p+1/b10-8-,16-14-,22-20-,26-25-,28-23-,31-29-. The van der Waals surface area contributed by atoms with E-state index in [0.717, 1.165) is 96.3 Å². The van der Waals surface area contributed by atoms with E-state index in [2.05, 4.69) is 86.8 Å². The lowest BCUT2D eigenvalue weighted by Gasteiger charge is -2.24. The number of hydrogen-bond acceptors (Lipinski definition) is 6. The van der Waals surface area contributed by atoms with Crippen LogP contribution in [0.15, 0.2) is 72.9 Å². The number of quaternary nitrogens is 1. The molecule has 0 saturated carbocycles. The summed E-state index contributed by atoms with van der Waals surface area (Å²) in [5.74, 6) is -0.334. The largest absolute Gasteiger partial charge is 0.472 e. The molecule has 0 aliphatic heterocycles. The maximum absolute atomic E-state index is 12.7. The van der Waals surface area contributed by atoms with Crippen LogP contribution in [-0.2, 0) is 27.9 Å². The summed E-state index contributed by atoms with van der Waals surface area (Å²) in [5, 5.41) is 0. The molecule has 2 atom stereocenters. The number of carbonyl (C=O) groups is 1. The zero-order chi connectivity index (χ0) is 42.7. The molecule has 336 valence electrons. The molecule has 0 aromatic carbocycles. The van der Waals surface area contributed by atoms with Crippen LogP contribution in [0.25, 0.3) is 0 Å². The van der Waals surface area contributed by atoms with Gasteiger partial charge in [0.15, 0.2) is 0 Å². The number of unbranched alkanes of at least 4 members (excludes halogenated alkanes) is 16. The van der Waals surface area contributed by atoms with Crippen LogP contribution >= 0.6 is 7.82 Å². The first-order valence-corrected chi connectivity index (χ1v) is 24.7. The van der Waals surface area contributed by atoms with Gasteiger partial charge in [0.05, 0.1) is 34.4 Å². The average molecular weight is 835 g/mol. The molecule has 0 spiro atoms. The van der Waals surface area contributed by atoms with Crippen LogP contribution in [0.2, 0.25) is 0 Å². The first-order chi connectivity index (χ1) is 28.1. The van der Waals surface area contributed by atoms with Crippen LogP contribution in [0.1, 0.15) is 174 Å². The van der Waals surface area contributed by atoms with Gasteiger partial charge >= 0.3 is 13.8 Å². The summed E-state index contributed by atoms with van der Waals surface area (Å²) >= 11 is 0. The molecule has 2 unspecified atom stereocenters. The van der Waals surface area contributed by atoms with E-state index in [9.17, 15) is 14.3 Å². The van der Waals surface area contributed by atoms with Crippen molar-refractivity contribution in [1.82, 2.24) is 0 Å². The van der Waals surface area contributed by atoms with Gasteiger partial charge in [0.25, 0.3) is 0 Å². The third kappa shape index (κ3) is 45.0. The first-order valence-electron chi connectivity index (χ1n) is 23.2. The molecule has 0 rings (SSSR count). The first kappa shape index (κ1) is 55.9. The Morgan fingerprint density at radius 2 is 1.00 bits per heavy atom. The van der Waals surface area contributed by atoms with E-state index in [1.54, 1.807) is 0 Å². The summed E-state index contributed by atoms with van der Waals surface area (Å²) in [6.45, 7) is 5.42. The third-order valence-corrected chi connectivity index (χ3v) is 10.5. The number of phosphoric acid groups is 1. The number of allylic oxidation sites excluding steroid dienone is 12. The fourth-order valence-electron chi connectivity index (χ4n) is 5.93. The molecule has 0 aromatic heterocycles. The van der Waals surface area contributed by atoms with Crippen molar-refractivity contribution in [2.45, 2.75) is 180 Å². The average Bonchev–Trinajstić information content (AvgIpc) is 3.18. The molecule has 0 radical (unpaired) electrons. The van der Waals surface area contributed by atoms with Gasteiger partial charge in [0.1, 0.15) is 19.3 Å². The van der Waals surface area contributed by atoms with Crippen molar-refractivity contribution in [3.63, 3.8) is 0 Å². The fourth-order valence-corrected chi connectivity index (χ4v) is 6.67. The maximum Gasteiger partial charge on any atom is 0.472 e. The van der Waals surface area contributed by atoms with E-state index in [0.29, 0.717) is 24.1 Å². The van der Waals surface area contributed by atoms with E-state index in [-0.39, 0.29) is 25.8 Å². The van der Waals surface area contributed by atoms with Crippen LogP contribution in [0.5, 0.6) is 0 Å². The lowest BCUT2D eigenvalue weighted by atomic mass is 10.1. The number of rotatable bonds is 42. The molecule has 0 fully saturated rings. The highest BCUT2D eigenvalue weighted by Crippen LogP contribution is 2.43. The van der Waals surface area contributed by atoms with E-state index < -0.39 is 13.9 Å². The van der Waals surface area contributed by atoms with Crippen molar-refractivity contribution in [1.29, 1.82) is 0 Å². The van der Waals surface area contributed by atoms with Crippen LogP contribution in [0, 0.1) is 0 Å². The summed E-state index contributed by atoms with van der Waals surface area (Å²) in [7, 11) is 1.63. The number of ether oxygens (including phenoxy) is 2. The second kappa shape index (κ2) is 41.7. The third-order valence-electron chi connectivity index (χ3n) is 9.50. The van der Waals surface area contributed by atoms with Crippen molar-refractivity contribution in [3.05, 3.63) is 72.9 Å². The Kier molecular flexibility index (Phi) is 40.2. The van der Waals surface area contributed by atoms with Crippen molar-refractivity contribution in [2.24, 2.45) is 0 Å². The molecular formula is C49H89NO7P+. The molecule has 0 saturated heterocycles. The van der Waals surface area contributed by atoms with Crippen molar-refractivity contribution < 1.29 is 37.3 Å². The lowest BCUT2D eigenvalue weighted by molar-refractivity contribution is -0.870.